The van der Waals surface area contributed by atoms with Gasteiger partial charge >= 0.3 is 0 Å². The van der Waals surface area contributed by atoms with Crippen molar-refractivity contribution in [3.05, 3.63) is 23.7 Å². The smallest absolute Gasteiger partial charge is 0.111 e. The van der Waals surface area contributed by atoms with Crippen molar-refractivity contribution < 1.29 is 4.42 Å². The third kappa shape index (κ3) is 3.59. The van der Waals surface area contributed by atoms with E-state index in [2.05, 4.69) is 30.5 Å². The summed E-state index contributed by atoms with van der Waals surface area (Å²) in [5, 5.41) is 7.06. The Morgan fingerprint density at radius 3 is 2.89 bits per heavy atom. The normalized spacial score (nSPS) is 21.2. The standard InChI is InChI=1S/C15H26N2O/c1-12-6-7-14(18-12)15(2,3)11-17-10-13-5-4-8-16-9-13/h6-7,13,16-17H,4-5,8-11H2,1-3H3. The molecule has 1 atom stereocenters. The Kier molecular flexibility index (Phi) is 4.46. The molecule has 1 saturated heterocycles. The van der Waals surface area contributed by atoms with Crippen LogP contribution in [0, 0.1) is 12.8 Å². The molecule has 1 aliphatic rings. The number of hydrogen-bond acceptors (Lipinski definition) is 3. The minimum atomic E-state index is 0.0658. The van der Waals surface area contributed by atoms with Crippen molar-refractivity contribution in [3.63, 3.8) is 0 Å². The van der Waals surface area contributed by atoms with Gasteiger partial charge in [-0.05, 0) is 57.5 Å². The topological polar surface area (TPSA) is 37.2 Å². The predicted molar refractivity (Wildman–Crippen MR) is 74.9 cm³/mol. The second-order valence-corrected chi connectivity index (χ2v) is 6.14. The lowest BCUT2D eigenvalue weighted by Crippen LogP contribution is -2.40. The molecule has 0 bridgehead atoms. The van der Waals surface area contributed by atoms with E-state index in [1.807, 2.05) is 13.0 Å². The maximum absolute atomic E-state index is 5.74. The van der Waals surface area contributed by atoms with Crippen LogP contribution in [-0.2, 0) is 5.41 Å². The molecule has 2 N–H and O–H groups in total. The van der Waals surface area contributed by atoms with Gasteiger partial charge in [-0.2, -0.15) is 0 Å². The summed E-state index contributed by atoms with van der Waals surface area (Å²) in [4.78, 5) is 0. The summed E-state index contributed by atoms with van der Waals surface area (Å²) in [6.45, 7) is 10.9. The predicted octanol–water partition coefficient (Wildman–Crippen LogP) is 2.45. The third-order valence-electron chi connectivity index (χ3n) is 3.81. The van der Waals surface area contributed by atoms with Crippen LogP contribution < -0.4 is 10.6 Å². The summed E-state index contributed by atoms with van der Waals surface area (Å²) in [6, 6.07) is 4.14. The van der Waals surface area contributed by atoms with Crippen molar-refractivity contribution in [2.75, 3.05) is 26.2 Å². The summed E-state index contributed by atoms with van der Waals surface area (Å²) in [5.74, 6) is 2.86. The molecule has 3 nitrogen and oxygen atoms in total. The molecule has 0 aromatic carbocycles. The molecule has 0 amide bonds. The van der Waals surface area contributed by atoms with Crippen LogP contribution in [0.2, 0.25) is 0 Å². The Balaban J connectivity index is 1.78. The van der Waals surface area contributed by atoms with Crippen molar-refractivity contribution in [3.8, 4) is 0 Å². The van der Waals surface area contributed by atoms with E-state index in [9.17, 15) is 0 Å². The molecule has 1 aromatic rings. The number of furan rings is 1. The van der Waals surface area contributed by atoms with Gasteiger partial charge in [0.25, 0.3) is 0 Å². The molecule has 0 aliphatic carbocycles. The highest BCUT2D eigenvalue weighted by atomic mass is 16.3. The van der Waals surface area contributed by atoms with Gasteiger partial charge in [0.15, 0.2) is 0 Å². The van der Waals surface area contributed by atoms with E-state index in [0.29, 0.717) is 0 Å². The van der Waals surface area contributed by atoms with Crippen LogP contribution in [-0.4, -0.2) is 26.2 Å². The Morgan fingerprint density at radius 1 is 1.44 bits per heavy atom. The van der Waals surface area contributed by atoms with E-state index in [0.717, 1.165) is 37.1 Å². The molecule has 1 aromatic heterocycles. The molecular formula is C15H26N2O. The molecule has 1 fully saturated rings. The van der Waals surface area contributed by atoms with Crippen LogP contribution in [0.4, 0.5) is 0 Å². The van der Waals surface area contributed by atoms with Gasteiger partial charge in [0.2, 0.25) is 0 Å². The Labute approximate surface area is 110 Å². The van der Waals surface area contributed by atoms with Crippen molar-refractivity contribution in [2.24, 2.45) is 5.92 Å². The number of hydrogen-bond donors (Lipinski definition) is 2. The Morgan fingerprint density at radius 2 is 2.28 bits per heavy atom. The minimum absolute atomic E-state index is 0.0658. The first-order valence-corrected chi connectivity index (χ1v) is 7.06. The second-order valence-electron chi connectivity index (χ2n) is 6.14. The highest BCUT2D eigenvalue weighted by Crippen LogP contribution is 2.24. The molecule has 2 heterocycles. The van der Waals surface area contributed by atoms with Crippen molar-refractivity contribution >= 4 is 0 Å². The Bertz CT molecular complexity index is 364. The lowest BCUT2D eigenvalue weighted by molar-refractivity contribution is 0.322. The zero-order valence-electron chi connectivity index (χ0n) is 11.9. The number of nitrogens with one attached hydrogen (secondary N) is 2. The van der Waals surface area contributed by atoms with Crippen LogP contribution >= 0.6 is 0 Å². The lowest BCUT2D eigenvalue weighted by Gasteiger charge is -2.27. The molecule has 2 rings (SSSR count). The SMILES string of the molecule is Cc1ccc(C(C)(C)CNCC2CCCNC2)o1. The fourth-order valence-electron chi connectivity index (χ4n) is 2.57. The van der Waals surface area contributed by atoms with Gasteiger partial charge < -0.3 is 15.1 Å². The third-order valence-corrected chi connectivity index (χ3v) is 3.81. The first-order valence-electron chi connectivity index (χ1n) is 7.06. The average Bonchev–Trinajstić information content (AvgIpc) is 2.78. The van der Waals surface area contributed by atoms with E-state index in [1.54, 1.807) is 0 Å². The Hall–Kier alpha value is -0.800. The van der Waals surface area contributed by atoms with Crippen molar-refractivity contribution in [1.82, 2.24) is 10.6 Å². The second kappa shape index (κ2) is 5.89. The molecule has 3 heteroatoms. The van der Waals surface area contributed by atoms with Crippen LogP contribution in [0.15, 0.2) is 16.5 Å². The molecule has 0 saturated carbocycles. The maximum Gasteiger partial charge on any atom is 0.111 e. The van der Waals surface area contributed by atoms with Gasteiger partial charge in [0.05, 0.1) is 0 Å². The van der Waals surface area contributed by atoms with Gasteiger partial charge in [-0.15, -0.1) is 0 Å². The van der Waals surface area contributed by atoms with E-state index in [4.69, 9.17) is 4.42 Å². The highest BCUT2D eigenvalue weighted by molar-refractivity contribution is 5.15. The molecule has 1 unspecified atom stereocenters. The van der Waals surface area contributed by atoms with E-state index < -0.39 is 0 Å². The van der Waals surface area contributed by atoms with Crippen LogP contribution in [0.1, 0.15) is 38.2 Å². The number of rotatable bonds is 5. The lowest BCUT2D eigenvalue weighted by atomic mass is 9.90. The molecule has 18 heavy (non-hydrogen) atoms. The van der Waals surface area contributed by atoms with Gasteiger partial charge in [-0.1, -0.05) is 13.8 Å². The summed E-state index contributed by atoms with van der Waals surface area (Å²) < 4.78 is 5.74. The molecule has 0 spiro atoms. The quantitative estimate of drug-likeness (QED) is 0.843. The molecular weight excluding hydrogens is 224 g/mol. The summed E-state index contributed by atoms with van der Waals surface area (Å²) >= 11 is 0. The van der Waals surface area contributed by atoms with Gasteiger partial charge in [0.1, 0.15) is 11.5 Å². The summed E-state index contributed by atoms with van der Waals surface area (Å²) in [6.07, 6.45) is 2.66. The molecule has 102 valence electrons. The van der Waals surface area contributed by atoms with E-state index in [-0.39, 0.29) is 5.41 Å². The minimum Gasteiger partial charge on any atom is -0.466 e. The van der Waals surface area contributed by atoms with Crippen LogP contribution in [0.3, 0.4) is 0 Å². The first-order chi connectivity index (χ1) is 8.58. The summed E-state index contributed by atoms with van der Waals surface area (Å²) in [5.41, 5.74) is 0.0658. The monoisotopic (exact) mass is 250 g/mol. The average molecular weight is 250 g/mol. The largest absolute Gasteiger partial charge is 0.466 e. The maximum atomic E-state index is 5.74. The zero-order chi connectivity index (χ0) is 13.0. The van der Waals surface area contributed by atoms with Crippen LogP contribution in [0.5, 0.6) is 0 Å². The fourth-order valence-corrected chi connectivity index (χ4v) is 2.57. The summed E-state index contributed by atoms with van der Waals surface area (Å²) in [7, 11) is 0. The zero-order valence-corrected chi connectivity index (χ0v) is 11.9. The molecule has 1 aliphatic heterocycles. The van der Waals surface area contributed by atoms with E-state index in [1.165, 1.54) is 19.4 Å². The first kappa shape index (κ1) is 13.6. The fraction of sp³-hybridized carbons (Fsp3) is 0.733. The van der Waals surface area contributed by atoms with Crippen LogP contribution in [0.25, 0.3) is 0 Å². The molecule has 0 radical (unpaired) electrons. The van der Waals surface area contributed by atoms with Crippen molar-refractivity contribution in [1.29, 1.82) is 0 Å². The number of aryl methyl sites for hydroxylation is 1. The van der Waals surface area contributed by atoms with Gasteiger partial charge in [0, 0.05) is 12.0 Å². The number of piperidine rings is 1. The van der Waals surface area contributed by atoms with Crippen molar-refractivity contribution in [2.45, 2.75) is 39.0 Å². The van der Waals surface area contributed by atoms with Gasteiger partial charge in [-0.3, -0.25) is 0 Å². The highest BCUT2D eigenvalue weighted by Gasteiger charge is 2.24. The van der Waals surface area contributed by atoms with E-state index >= 15 is 0 Å². The van der Waals surface area contributed by atoms with Gasteiger partial charge in [-0.25, -0.2) is 0 Å².